The third-order valence-corrected chi connectivity index (χ3v) is 5.94. The average molecular weight is 475 g/mol. The number of rotatable bonds is 5. The van der Waals surface area contributed by atoms with Crippen LogP contribution in [-0.4, -0.2) is 25.0 Å². The van der Waals surface area contributed by atoms with Crippen molar-refractivity contribution in [1.29, 1.82) is 0 Å². The lowest BCUT2D eigenvalue weighted by molar-refractivity contribution is -0.136. The lowest BCUT2D eigenvalue weighted by atomic mass is 10.1. The molecule has 0 saturated carbocycles. The fourth-order valence-corrected chi connectivity index (χ4v) is 4.27. The fourth-order valence-electron chi connectivity index (χ4n) is 4.27. The Labute approximate surface area is 198 Å². The van der Waals surface area contributed by atoms with E-state index in [0.717, 1.165) is 11.8 Å². The summed E-state index contributed by atoms with van der Waals surface area (Å²) in [6.07, 6.45) is 3.48. The number of nitrogens with zero attached hydrogens (tertiary/aromatic N) is 4. The number of nitrogens with two attached hydrogens (primary N) is 1. The van der Waals surface area contributed by atoms with Crippen LogP contribution in [0.4, 0.5) is 13.2 Å². The lowest BCUT2D eigenvalue weighted by Gasteiger charge is -2.13. The first kappa shape index (κ1) is 22.4. The summed E-state index contributed by atoms with van der Waals surface area (Å²) in [5, 5.41) is 0.0520. The molecule has 2 aromatic carbocycles. The van der Waals surface area contributed by atoms with E-state index in [-0.39, 0.29) is 5.39 Å². The van der Waals surface area contributed by atoms with Crippen LogP contribution in [0.25, 0.3) is 33.5 Å². The predicted molar refractivity (Wildman–Crippen MR) is 127 cm³/mol. The maximum absolute atomic E-state index is 14.3. The second-order valence-electron chi connectivity index (χ2n) is 8.05. The molecule has 176 valence electrons. The first-order chi connectivity index (χ1) is 16.8. The standard InChI is InChI=1S/C26H20F3N5O/c1-2-16-11-17(25(30)35)8-9-21(16)34-13-19(26(27,28)29)24-22(6-3-7-23(24)34)33-14-20(32-15-33)18-5-4-10-31-12-18/h3-15H,2H2,1H3,(H2,30,35). The Kier molecular flexibility index (Phi) is 5.39. The highest BCUT2D eigenvalue weighted by Gasteiger charge is 2.36. The Bertz CT molecular complexity index is 1550. The van der Waals surface area contributed by atoms with Crippen molar-refractivity contribution in [2.45, 2.75) is 19.5 Å². The normalized spacial score (nSPS) is 11.8. The van der Waals surface area contributed by atoms with Gasteiger partial charge in [-0.05, 0) is 54.4 Å². The molecule has 5 rings (SSSR count). The van der Waals surface area contributed by atoms with Crippen molar-refractivity contribution in [3.8, 4) is 22.6 Å². The van der Waals surface area contributed by atoms with E-state index in [9.17, 15) is 18.0 Å². The Balaban J connectivity index is 1.74. The van der Waals surface area contributed by atoms with Gasteiger partial charge >= 0.3 is 6.18 Å². The molecule has 2 N–H and O–H groups in total. The molecule has 3 aromatic heterocycles. The van der Waals surface area contributed by atoms with E-state index in [1.165, 1.54) is 17.0 Å². The Morgan fingerprint density at radius 3 is 2.57 bits per heavy atom. The third-order valence-electron chi connectivity index (χ3n) is 5.94. The second kappa shape index (κ2) is 8.43. The van der Waals surface area contributed by atoms with Crippen LogP contribution < -0.4 is 5.73 Å². The zero-order valence-electron chi connectivity index (χ0n) is 18.6. The van der Waals surface area contributed by atoms with Gasteiger partial charge in [-0.15, -0.1) is 0 Å². The van der Waals surface area contributed by atoms with E-state index in [4.69, 9.17) is 5.73 Å². The molecule has 9 heteroatoms. The van der Waals surface area contributed by atoms with Crippen LogP contribution in [0.3, 0.4) is 0 Å². The minimum Gasteiger partial charge on any atom is -0.366 e. The van der Waals surface area contributed by atoms with Crippen LogP contribution in [0.15, 0.2) is 79.6 Å². The van der Waals surface area contributed by atoms with E-state index in [2.05, 4.69) is 9.97 Å². The Morgan fingerprint density at radius 1 is 1.06 bits per heavy atom. The fraction of sp³-hybridized carbons (Fsp3) is 0.115. The summed E-state index contributed by atoms with van der Waals surface area (Å²) < 4.78 is 45.9. The number of aromatic nitrogens is 4. The van der Waals surface area contributed by atoms with Crippen LogP contribution in [0.5, 0.6) is 0 Å². The average Bonchev–Trinajstić information content (AvgIpc) is 3.49. The SMILES string of the molecule is CCc1cc(C(N)=O)ccc1-n1cc(C(F)(F)F)c2c(-n3cnc(-c4cccnc4)c3)cccc21. The molecule has 5 aromatic rings. The zero-order chi connectivity index (χ0) is 24.7. The summed E-state index contributed by atoms with van der Waals surface area (Å²) in [4.78, 5) is 20.1. The van der Waals surface area contributed by atoms with Gasteiger partial charge < -0.3 is 14.9 Å². The van der Waals surface area contributed by atoms with Crippen molar-refractivity contribution in [3.63, 3.8) is 0 Å². The largest absolute Gasteiger partial charge is 0.418 e. The van der Waals surface area contributed by atoms with Crippen molar-refractivity contribution in [1.82, 2.24) is 19.1 Å². The summed E-state index contributed by atoms with van der Waals surface area (Å²) >= 11 is 0. The van der Waals surface area contributed by atoms with Gasteiger partial charge in [-0.2, -0.15) is 13.2 Å². The molecule has 1 amide bonds. The number of halogens is 3. The van der Waals surface area contributed by atoms with Gasteiger partial charge in [0.15, 0.2) is 0 Å². The van der Waals surface area contributed by atoms with Gasteiger partial charge in [0.25, 0.3) is 0 Å². The van der Waals surface area contributed by atoms with E-state index in [1.807, 2.05) is 13.0 Å². The summed E-state index contributed by atoms with van der Waals surface area (Å²) in [5.41, 5.74) is 8.29. The molecule has 0 aliphatic carbocycles. The number of imidazole rings is 1. The Morgan fingerprint density at radius 2 is 1.89 bits per heavy atom. The maximum Gasteiger partial charge on any atom is 0.418 e. The van der Waals surface area contributed by atoms with Crippen LogP contribution >= 0.6 is 0 Å². The highest BCUT2D eigenvalue weighted by atomic mass is 19.4. The van der Waals surface area contributed by atoms with E-state index >= 15 is 0 Å². The van der Waals surface area contributed by atoms with Crippen LogP contribution in [0, 0.1) is 0 Å². The summed E-state index contributed by atoms with van der Waals surface area (Å²) in [6.45, 7) is 1.87. The summed E-state index contributed by atoms with van der Waals surface area (Å²) in [7, 11) is 0. The van der Waals surface area contributed by atoms with Crippen molar-refractivity contribution >= 4 is 16.8 Å². The van der Waals surface area contributed by atoms with Gasteiger partial charge in [-0.25, -0.2) is 4.98 Å². The van der Waals surface area contributed by atoms with Crippen LogP contribution in [-0.2, 0) is 12.6 Å². The number of carbonyl (C=O) groups excluding carboxylic acids is 1. The molecule has 0 aliphatic heterocycles. The van der Waals surface area contributed by atoms with Gasteiger partial charge in [0.05, 0.1) is 28.8 Å². The smallest absolute Gasteiger partial charge is 0.366 e. The topological polar surface area (TPSA) is 78.7 Å². The first-order valence-corrected chi connectivity index (χ1v) is 10.9. The molecule has 35 heavy (non-hydrogen) atoms. The van der Waals surface area contributed by atoms with Crippen LogP contribution in [0.1, 0.15) is 28.4 Å². The number of benzene rings is 2. The van der Waals surface area contributed by atoms with Crippen molar-refractivity contribution in [2.75, 3.05) is 0 Å². The molecule has 0 bridgehead atoms. The minimum absolute atomic E-state index is 0.0520. The number of pyridine rings is 1. The molecule has 6 nitrogen and oxygen atoms in total. The molecule has 0 saturated heterocycles. The first-order valence-electron chi connectivity index (χ1n) is 10.9. The number of hydrogen-bond donors (Lipinski definition) is 1. The Hall–Kier alpha value is -4.40. The molecule has 0 unspecified atom stereocenters. The predicted octanol–water partition coefficient (Wildman–Crippen LogP) is 5.56. The van der Waals surface area contributed by atoms with Crippen molar-refractivity contribution in [3.05, 3.63) is 96.3 Å². The number of alkyl halides is 3. The number of aryl methyl sites for hydroxylation is 1. The maximum atomic E-state index is 14.3. The number of primary amides is 1. The zero-order valence-corrected chi connectivity index (χ0v) is 18.6. The molecule has 0 fully saturated rings. The van der Waals surface area contributed by atoms with Gasteiger partial charge in [-0.3, -0.25) is 9.78 Å². The number of fused-ring (bicyclic) bond motifs is 1. The van der Waals surface area contributed by atoms with Crippen molar-refractivity contribution < 1.29 is 18.0 Å². The monoisotopic (exact) mass is 475 g/mol. The molecule has 0 aliphatic rings. The van der Waals surface area contributed by atoms with E-state index in [1.54, 1.807) is 59.6 Å². The molecule has 0 atom stereocenters. The highest BCUT2D eigenvalue weighted by molar-refractivity contribution is 5.95. The minimum atomic E-state index is -4.59. The molecule has 3 heterocycles. The molecular weight excluding hydrogens is 455 g/mol. The van der Waals surface area contributed by atoms with Crippen LogP contribution in [0.2, 0.25) is 0 Å². The van der Waals surface area contributed by atoms with E-state index < -0.39 is 17.6 Å². The van der Waals surface area contributed by atoms with Crippen molar-refractivity contribution in [2.24, 2.45) is 5.73 Å². The summed E-state index contributed by atoms with van der Waals surface area (Å²) in [6, 6.07) is 13.4. The number of carbonyl (C=O) groups is 1. The number of hydrogen-bond acceptors (Lipinski definition) is 3. The van der Waals surface area contributed by atoms with Gasteiger partial charge in [0, 0.05) is 47.0 Å². The number of amides is 1. The molecule has 0 radical (unpaired) electrons. The molecule has 0 spiro atoms. The summed E-state index contributed by atoms with van der Waals surface area (Å²) in [5.74, 6) is -0.591. The third kappa shape index (κ3) is 3.95. The van der Waals surface area contributed by atoms with Gasteiger partial charge in [-0.1, -0.05) is 13.0 Å². The highest BCUT2D eigenvalue weighted by Crippen LogP contribution is 2.40. The second-order valence-corrected chi connectivity index (χ2v) is 8.05. The lowest BCUT2D eigenvalue weighted by Crippen LogP contribution is -2.12. The van der Waals surface area contributed by atoms with Gasteiger partial charge in [0.2, 0.25) is 5.91 Å². The molecular formula is C26H20F3N5O. The van der Waals surface area contributed by atoms with E-state index in [0.29, 0.717) is 40.1 Å². The van der Waals surface area contributed by atoms with Gasteiger partial charge in [0.1, 0.15) is 0 Å². The quantitative estimate of drug-likeness (QED) is 0.362.